The number of hydrogen-bond acceptors (Lipinski definition) is 4. The number of aromatic nitrogens is 2. The maximum atomic E-state index is 4.70. The normalized spacial score (nSPS) is 10.9. The number of benzene rings is 1. The van der Waals surface area contributed by atoms with Gasteiger partial charge in [0.05, 0.1) is 4.47 Å². The first-order valence-electron chi connectivity index (χ1n) is 4.93. The Bertz CT molecular complexity index is 465. The van der Waals surface area contributed by atoms with Crippen LogP contribution in [-0.2, 0) is 0 Å². The molecule has 0 N–H and O–H groups in total. The van der Waals surface area contributed by atoms with Gasteiger partial charge in [0.25, 0.3) is 0 Å². The molecule has 0 aliphatic heterocycles. The lowest BCUT2D eigenvalue weighted by molar-refractivity contribution is 0.315. The number of anilines is 1. The molecule has 15 heavy (non-hydrogen) atoms. The highest BCUT2D eigenvalue weighted by molar-refractivity contribution is 9.10. The SMILES string of the molecule is CCN(CC)c1cc(Br)c2nonc2c1. The van der Waals surface area contributed by atoms with E-state index in [1.807, 2.05) is 12.1 Å². The minimum atomic E-state index is 0.769. The van der Waals surface area contributed by atoms with Gasteiger partial charge in [-0.05, 0) is 52.2 Å². The fraction of sp³-hybridized carbons (Fsp3) is 0.400. The number of nitrogens with zero attached hydrogens (tertiary/aromatic N) is 3. The predicted molar refractivity (Wildman–Crippen MR) is 63.1 cm³/mol. The Balaban J connectivity index is 2.52. The van der Waals surface area contributed by atoms with Gasteiger partial charge in [0.2, 0.25) is 0 Å². The maximum absolute atomic E-state index is 4.70. The second-order valence-corrected chi connectivity index (χ2v) is 4.09. The summed E-state index contributed by atoms with van der Waals surface area (Å²) in [5.41, 5.74) is 2.69. The third-order valence-corrected chi connectivity index (χ3v) is 3.03. The van der Waals surface area contributed by atoms with Crippen LogP contribution in [0.3, 0.4) is 0 Å². The van der Waals surface area contributed by atoms with Gasteiger partial charge in [0, 0.05) is 18.8 Å². The summed E-state index contributed by atoms with van der Waals surface area (Å²) in [5, 5.41) is 7.67. The first-order valence-corrected chi connectivity index (χ1v) is 5.72. The summed E-state index contributed by atoms with van der Waals surface area (Å²) in [6.45, 7) is 6.20. The van der Waals surface area contributed by atoms with Crippen molar-refractivity contribution in [2.45, 2.75) is 13.8 Å². The summed E-state index contributed by atoms with van der Waals surface area (Å²) in [6.07, 6.45) is 0. The molecule has 0 aliphatic rings. The van der Waals surface area contributed by atoms with Crippen LogP contribution in [0.4, 0.5) is 5.69 Å². The first kappa shape index (κ1) is 10.4. The lowest BCUT2D eigenvalue weighted by Gasteiger charge is -2.20. The van der Waals surface area contributed by atoms with E-state index in [9.17, 15) is 0 Å². The minimum Gasteiger partial charge on any atom is -0.372 e. The number of fused-ring (bicyclic) bond motifs is 1. The Hall–Kier alpha value is -1.10. The predicted octanol–water partition coefficient (Wildman–Crippen LogP) is 2.83. The zero-order valence-electron chi connectivity index (χ0n) is 8.70. The number of hydrogen-bond donors (Lipinski definition) is 0. The zero-order chi connectivity index (χ0) is 10.8. The van der Waals surface area contributed by atoms with Crippen molar-refractivity contribution in [1.82, 2.24) is 10.3 Å². The highest BCUT2D eigenvalue weighted by Gasteiger charge is 2.10. The topological polar surface area (TPSA) is 42.2 Å². The number of halogens is 1. The van der Waals surface area contributed by atoms with Crippen molar-refractivity contribution in [3.05, 3.63) is 16.6 Å². The molecule has 0 unspecified atom stereocenters. The van der Waals surface area contributed by atoms with Crippen LogP contribution in [0.15, 0.2) is 21.2 Å². The smallest absolute Gasteiger partial charge is 0.149 e. The average molecular weight is 270 g/mol. The van der Waals surface area contributed by atoms with Gasteiger partial charge in [-0.15, -0.1) is 0 Å². The fourth-order valence-electron chi connectivity index (χ4n) is 1.61. The largest absolute Gasteiger partial charge is 0.372 e. The Morgan fingerprint density at radius 2 is 2.00 bits per heavy atom. The molecule has 0 saturated carbocycles. The summed E-state index contributed by atoms with van der Waals surface area (Å²) in [6, 6.07) is 4.03. The van der Waals surface area contributed by atoms with E-state index in [1.54, 1.807) is 0 Å². The van der Waals surface area contributed by atoms with Crippen LogP contribution < -0.4 is 4.90 Å². The van der Waals surface area contributed by atoms with E-state index in [4.69, 9.17) is 4.63 Å². The summed E-state index contributed by atoms with van der Waals surface area (Å²) in [7, 11) is 0. The molecule has 4 nitrogen and oxygen atoms in total. The standard InChI is InChI=1S/C10H12BrN3O/c1-3-14(4-2)7-5-8(11)10-9(6-7)12-15-13-10/h5-6H,3-4H2,1-2H3. The van der Waals surface area contributed by atoms with Gasteiger partial charge in [-0.25, -0.2) is 4.63 Å². The Morgan fingerprint density at radius 3 is 2.67 bits per heavy atom. The Morgan fingerprint density at radius 1 is 1.27 bits per heavy atom. The van der Waals surface area contributed by atoms with Crippen molar-refractivity contribution in [3.63, 3.8) is 0 Å². The van der Waals surface area contributed by atoms with E-state index < -0.39 is 0 Å². The molecule has 0 atom stereocenters. The molecule has 80 valence electrons. The van der Waals surface area contributed by atoms with Gasteiger partial charge in [0.15, 0.2) is 0 Å². The number of rotatable bonds is 3. The highest BCUT2D eigenvalue weighted by Crippen LogP contribution is 2.27. The van der Waals surface area contributed by atoms with Crippen LogP contribution in [-0.4, -0.2) is 23.4 Å². The minimum absolute atomic E-state index is 0.769. The lowest BCUT2D eigenvalue weighted by Crippen LogP contribution is -2.21. The van der Waals surface area contributed by atoms with Gasteiger partial charge >= 0.3 is 0 Å². The van der Waals surface area contributed by atoms with E-state index >= 15 is 0 Å². The average Bonchev–Trinajstić information content (AvgIpc) is 2.68. The van der Waals surface area contributed by atoms with Gasteiger partial charge in [-0.3, -0.25) is 0 Å². The van der Waals surface area contributed by atoms with E-state index in [1.165, 1.54) is 0 Å². The molecule has 2 rings (SSSR count). The zero-order valence-corrected chi connectivity index (χ0v) is 10.3. The highest BCUT2D eigenvalue weighted by atomic mass is 79.9. The third-order valence-electron chi connectivity index (χ3n) is 2.43. The van der Waals surface area contributed by atoms with Crippen molar-refractivity contribution in [2.75, 3.05) is 18.0 Å². The van der Waals surface area contributed by atoms with E-state index in [0.717, 1.165) is 34.3 Å². The lowest BCUT2D eigenvalue weighted by atomic mass is 10.2. The van der Waals surface area contributed by atoms with Gasteiger partial charge in [-0.2, -0.15) is 0 Å². The van der Waals surface area contributed by atoms with Crippen molar-refractivity contribution in [1.29, 1.82) is 0 Å². The van der Waals surface area contributed by atoms with Crippen LogP contribution in [0, 0.1) is 0 Å². The molecule has 0 bridgehead atoms. The van der Waals surface area contributed by atoms with Crippen LogP contribution >= 0.6 is 15.9 Å². The van der Waals surface area contributed by atoms with E-state index in [2.05, 4.69) is 45.0 Å². The van der Waals surface area contributed by atoms with Crippen LogP contribution in [0.1, 0.15) is 13.8 Å². The molecular weight excluding hydrogens is 258 g/mol. The molecule has 0 amide bonds. The van der Waals surface area contributed by atoms with E-state index in [-0.39, 0.29) is 0 Å². The van der Waals surface area contributed by atoms with Crippen molar-refractivity contribution in [3.8, 4) is 0 Å². The van der Waals surface area contributed by atoms with Gasteiger partial charge < -0.3 is 4.90 Å². The second-order valence-electron chi connectivity index (χ2n) is 3.23. The van der Waals surface area contributed by atoms with Crippen LogP contribution in [0.5, 0.6) is 0 Å². The molecular formula is C10H12BrN3O. The van der Waals surface area contributed by atoms with Gasteiger partial charge in [0.1, 0.15) is 11.0 Å². The van der Waals surface area contributed by atoms with Crippen LogP contribution in [0.25, 0.3) is 11.0 Å². The summed E-state index contributed by atoms with van der Waals surface area (Å²) >= 11 is 3.46. The quantitative estimate of drug-likeness (QED) is 0.860. The molecule has 5 heteroatoms. The Labute approximate surface area is 96.3 Å². The van der Waals surface area contributed by atoms with Crippen LogP contribution in [0.2, 0.25) is 0 Å². The summed E-state index contributed by atoms with van der Waals surface area (Å²) in [4.78, 5) is 2.25. The molecule has 0 radical (unpaired) electrons. The molecule has 0 aliphatic carbocycles. The maximum Gasteiger partial charge on any atom is 0.149 e. The molecule has 0 fully saturated rings. The molecule has 1 aromatic heterocycles. The van der Waals surface area contributed by atoms with Crippen molar-refractivity contribution in [2.24, 2.45) is 0 Å². The van der Waals surface area contributed by atoms with Crippen molar-refractivity contribution >= 4 is 32.7 Å². The fourth-order valence-corrected chi connectivity index (χ4v) is 2.12. The van der Waals surface area contributed by atoms with Crippen molar-refractivity contribution < 1.29 is 4.63 Å². The summed E-state index contributed by atoms with van der Waals surface area (Å²) in [5.74, 6) is 0. The Kier molecular flexibility index (Phi) is 2.90. The molecule has 1 heterocycles. The first-order chi connectivity index (χ1) is 7.26. The summed E-state index contributed by atoms with van der Waals surface area (Å²) < 4.78 is 5.62. The monoisotopic (exact) mass is 269 g/mol. The molecule has 0 spiro atoms. The molecule has 1 aromatic carbocycles. The second kappa shape index (κ2) is 4.18. The third kappa shape index (κ3) is 1.84. The molecule has 0 saturated heterocycles. The molecule has 2 aromatic rings. The van der Waals surface area contributed by atoms with Gasteiger partial charge in [-0.1, -0.05) is 0 Å². The van der Waals surface area contributed by atoms with E-state index in [0.29, 0.717) is 0 Å².